The van der Waals surface area contributed by atoms with Crippen molar-refractivity contribution >= 4 is 0 Å². The first kappa shape index (κ1) is 18.6. The van der Waals surface area contributed by atoms with Gasteiger partial charge >= 0.3 is 0 Å². The number of aliphatic hydroxyl groups excluding tert-OH is 1. The average molecular weight is 348 g/mol. The molecule has 0 saturated carbocycles. The second-order valence-electron chi connectivity index (χ2n) is 7.53. The van der Waals surface area contributed by atoms with Gasteiger partial charge in [-0.3, -0.25) is 9.80 Å². The molecule has 0 aromatic heterocycles. The van der Waals surface area contributed by atoms with Crippen molar-refractivity contribution in [2.45, 2.75) is 31.4 Å². The van der Waals surface area contributed by atoms with Gasteiger partial charge in [0.05, 0.1) is 0 Å². The highest BCUT2D eigenvalue weighted by atomic mass is 16.5. The summed E-state index contributed by atoms with van der Waals surface area (Å²) in [5, 5.41) is 10.4. The molecule has 2 unspecified atom stereocenters. The van der Waals surface area contributed by atoms with Crippen LogP contribution in [0.3, 0.4) is 0 Å². The molecule has 2 aliphatic rings. The van der Waals surface area contributed by atoms with Gasteiger partial charge in [-0.15, -0.1) is 0 Å². The zero-order chi connectivity index (χ0) is 17.5. The van der Waals surface area contributed by atoms with Crippen LogP contribution in [0.15, 0.2) is 30.3 Å². The minimum Gasteiger partial charge on any atom is -0.491 e. The molecule has 0 bridgehead atoms. The number of para-hydroxylation sites is 1. The van der Waals surface area contributed by atoms with Gasteiger partial charge in [0.15, 0.2) is 0 Å². The molecule has 140 valence electrons. The third-order valence-corrected chi connectivity index (χ3v) is 5.44. The van der Waals surface area contributed by atoms with Crippen molar-refractivity contribution in [1.82, 2.24) is 14.7 Å². The molecule has 3 rings (SSSR count). The van der Waals surface area contributed by atoms with Crippen molar-refractivity contribution in [3.63, 3.8) is 0 Å². The van der Waals surface area contributed by atoms with E-state index in [9.17, 15) is 5.11 Å². The van der Waals surface area contributed by atoms with Crippen molar-refractivity contribution in [3.05, 3.63) is 30.3 Å². The Hall–Kier alpha value is -1.14. The Morgan fingerprint density at radius 3 is 2.60 bits per heavy atom. The number of nitrogens with zero attached hydrogens (tertiary/aromatic N) is 3. The van der Waals surface area contributed by atoms with E-state index in [2.05, 4.69) is 21.7 Å². The van der Waals surface area contributed by atoms with E-state index in [0.29, 0.717) is 19.2 Å². The van der Waals surface area contributed by atoms with E-state index in [1.807, 2.05) is 30.3 Å². The lowest BCUT2D eigenvalue weighted by molar-refractivity contribution is 0.0491. The number of likely N-dealkylation sites (N-methyl/N-ethyl adjacent to an activating group) is 1. The maximum Gasteiger partial charge on any atom is 0.119 e. The Labute approximate surface area is 152 Å². The molecule has 2 aliphatic heterocycles. The summed E-state index contributed by atoms with van der Waals surface area (Å²) in [6.07, 6.45) is 3.38. The molecule has 1 N–H and O–H groups in total. The van der Waals surface area contributed by atoms with Crippen LogP contribution in [-0.2, 0) is 0 Å². The molecule has 5 nitrogen and oxygen atoms in total. The normalized spacial score (nSPS) is 25.4. The zero-order valence-electron chi connectivity index (χ0n) is 15.5. The van der Waals surface area contributed by atoms with Crippen LogP contribution in [0, 0.1) is 0 Å². The fourth-order valence-corrected chi connectivity index (χ4v) is 3.91. The highest BCUT2D eigenvalue weighted by molar-refractivity contribution is 5.20. The van der Waals surface area contributed by atoms with Gasteiger partial charge in [-0.2, -0.15) is 0 Å². The van der Waals surface area contributed by atoms with Crippen LogP contribution in [0.2, 0.25) is 0 Å². The molecule has 25 heavy (non-hydrogen) atoms. The molecule has 5 heteroatoms. The number of hydrogen-bond donors (Lipinski definition) is 1. The molecule has 0 spiro atoms. The first-order chi connectivity index (χ1) is 12.2. The molecule has 1 aromatic carbocycles. The van der Waals surface area contributed by atoms with E-state index in [1.54, 1.807) is 0 Å². The number of benzene rings is 1. The second-order valence-corrected chi connectivity index (χ2v) is 7.53. The molecule has 2 saturated heterocycles. The van der Waals surface area contributed by atoms with Crippen molar-refractivity contribution in [2.75, 3.05) is 59.5 Å². The molecule has 1 aromatic rings. The summed E-state index contributed by atoms with van der Waals surface area (Å²) >= 11 is 0. The number of likely N-dealkylation sites (tertiary alicyclic amines) is 1. The minimum atomic E-state index is -0.438. The summed E-state index contributed by atoms with van der Waals surface area (Å²) < 4.78 is 5.70. The summed E-state index contributed by atoms with van der Waals surface area (Å²) in [5.41, 5.74) is 0. The Bertz CT molecular complexity index is 491. The fraction of sp³-hybridized carbons (Fsp3) is 0.700. The third-order valence-electron chi connectivity index (χ3n) is 5.44. The van der Waals surface area contributed by atoms with Crippen molar-refractivity contribution in [3.8, 4) is 5.75 Å². The number of rotatable bonds is 6. The zero-order valence-corrected chi connectivity index (χ0v) is 15.5. The Morgan fingerprint density at radius 1 is 1.08 bits per heavy atom. The largest absolute Gasteiger partial charge is 0.491 e. The number of hydrogen-bond acceptors (Lipinski definition) is 5. The lowest BCUT2D eigenvalue weighted by atomic mass is 10.1. The maximum absolute atomic E-state index is 10.4. The van der Waals surface area contributed by atoms with E-state index >= 15 is 0 Å². The van der Waals surface area contributed by atoms with Gasteiger partial charge in [0.25, 0.3) is 0 Å². The van der Waals surface area contributed by atoms with Crippen molar-refractivity contribution in [2.24, 2.45) is 0 Å². The first-order valence-electron chi connectivity index (χ1n) is 9.71. The summed E-state index contributed by atoms with van der Waals surface area (Å²) in [5.74, 6) is 0.827. The van der Waals surface area contributed by atoms with Gasteiger partial charge in [-0.05, 0) is 38.6 Å². The van der Waals surface area contributed by atoms with Crippen LogP contribution in [0.5, 0.6) is 5.75 Å². The summed E-state index contributed by atoms with van der Waals surface area (Å²) in [4.78, 5) is 7.51. The average Bonchev–Trinajstić information content (AvgIpc) is 2.87. The van der Waals surface area contributed by atoms with E-state index in [0.717, 1.165) is 18.8 Å². The predicted molar refractivity (Wildman–Crippen MR) is 101 cm³/mol. The van der Waals surface area contributed by atoms with Gasteiger partial charge in [-0.25, -0.2) is 0 Å². The monoisotopic (exact) mass is 347 g/mol. The van der Waals surface area contributed by atoms with Crippen LogP contribution >= 0.6 is 0 Å². The topological polar surface area (TPSA) is 39.2 Å². The van der Waals surface area contributed by atoms with Crippen LogP contribution < -0.4 is 4.74 Å². The minimum absolute atomic E-state index is 0.361. The maximum atomic E-state index is 10.4. The number of aliphatic hydroxyl groups is 1. The fourth-order valence-electron chi connectivity index (χ4n) is 3.91. The van der Waals surface area contributed by atoms with Crippen LogP contribution in [0.25, 0.3) is 0 Å². The van der Waals surface area contributed by atoms with E-state index in [-0.39, 0.29) is 0 Å². The summed E-state index contributed by atoms with van der Waals surface area (Å²) in [6.45, 7) is 7.92. The Kier molecular flexibility index (Phi) is 7.11. The molecule has 0 amide bonds. The number of ether oxygens (including phenoxy) is 1. The quantitative estimate of drug-likeness (QED) is 0.845. The molecule has 0 radical (unpaired) electrons. The summed E-state index contributed by atoms with van der Waals surface area (Å²) in [7, 11) is 2.21. The number of β-amino-alcohol motifs (C(OH)–C–C–N with tert-alkyl or cyclic N) is 1. The number of piperazine rings is 1. The van der Waals surface area contributed by atoms with E-state index in [4.69, 9.17) is 4.74 Å². The van der Waals surface area contributed by atoms with E-state index in [1.165, 1.54) is 45.4 Å². The van der Waals surface area contributed by atoms with Crippen molar-refractivity contribution in [1.29, 1.82) is 0 Å². The third kappa shape index (κ3) is 5.96. The molecular formula is C20H33N3O2. The highest BCUT2D eigenvalue weighted by Crippen LogP contribution is 2.18. The molecule has 2 heterocycles. The van der Waals surface area contributed by atoms with Gasteiger partial charge in [-0.1, -0.05) is 24.6 Å². The predicted octanol–water partition coefficient (Wildman–Crippen LogP) is 1.53. The smallest absolute Gasteiger partial charge is 0.119 e. The molecule has 2 atom stereocenters. The van der Waals surface area contributed by atoms with Gasteiger partial charge < -0.3 is 14.7 Å². The van der Waals surface area contributed by atoms with Crippen molar-refractivity contribution < 1.29 is 9.84 Å². The molecule has 2 fully saturated rings. The lowest BCUT2D eigenvalue weighted by Crippen LogP contribution is -2.52. The SMILES string of the molecule is CN1CCN(C2CCCCN(CC(O)COc3ccccc3)C2)CC1. The second kappa shape index (κ2) is 9.53. The standard InChI is InChI=1S/C20H33N3O2/c1-21-11-13-23(14-12-21)18-7-5-6-10-22(15-18)16-19(24)17-25-20-8-3-2-4-9-20/h2-4,8-9,18-19,24H,5-7,10-17H2,1H3. The van der Waals surface area contributed by atoms with Crippen LogP contribution in [0.1, 0.15) is 19.3 Å². The van der Waals surface area contributed by atoms with Gasteiger partial charge in [0.1, 0.15) is 18.5 Å². The van der Waals surface area contributed by atoms with Crippen LogP contribution in [-0.4, -0.2) is 91.4 Å². The highest BCUT2D eigenvalue weighted by Gasteiger charge is 2.26. The van der Waals surface area contributed by atoms with E-state index < -0.39 is 6.10 Å². The molecule has 0 aliphatic carbocycles. The first-order valence-corrected chi connectivity index (χ1v) is 9.71. The van der Waals surface area contributed by atoms with Gasteiger partial charge in [0.2, 0.25) is 0 Å². The Balaban J connectivity index is 1.45. The molecular weight excluding hydrogens is 314 g/mol. The van der Waals surface area contributed by atoms with Crippen LogP contribution in [0.4, 0.5) is 0 Å². The lowest BCUT2D eigenvalue weighted by Gasteiger charge is -2.39. The van der Waals surface area contributed by atoms with Gasteiger partial charge in [0, 0.05) is 45.3 Å². The Morgan fingerprint density at radius 2 is 1.84 bits per heavy atom. The summed E-state index contributed by atoms with van der Waals surface area (Å²) in [6, 6.07) is 10.4.